The SMILES string of the molecule is COc1cccc(-c2cc(CNCCc3ccccc3)nc(CNCCc3ccccc3)c2)c1. The van der Waals surface area contributed by atoms with Crippen LogP contribution in [0.25, 0.3) is 11.1 Å². The van der Waals surface area contributed by atoms with Crippen molar-refractivity contribution in [2.75, 3.05) is 20.2 Å². The topological polar surface area (TPSA) is 46.2 Å². The summed E-state index contributed by atoms with van der Waals surface area (Å²) in [6, 6.07) is 33.7. The van der Waals surface area contributed by atoms with Crippen LogP contribution in [0.15, 0.2) is 97.1 Å². The van der Waals surface area contributed by atoms with Crippen LogP contribution in [0.5, 0.6) is 5.75 Å². The highest BCUT2D eigenvalue weighted by Gasteiger charge is 2.07. The third kappa shape index (κ3) is 7.27. The van der Waals surface area contributed by atoms with Gasteiger partial charge in [0.15, 0.2) is 0 Å². The van der Waals surface area contributed by atoms with E-state index < -0.39 is 0 Å². The first-order valence-corrected chi connectivity index (χ1v) is 11.9. The van der Waals surface area contributed by atoms with Crippen LogP contribution < -0.4 is 15.4 Å². The Kier molecular flexibility index (Phi) is 8.83. The first kappa shape index (κ1) is 23.7. The number of aromatic nitrogens is 1. The van der Waals surface area contributed by atoms with Crippen molar-refractivity contribution in [3.05, 3.63) is 120 Å². The molecule has 0 saturated heterocycles. The van der Waals surface area contributed by atoms with Crippen molar-refractivity contribution in [3.63, 3.8) is 0 Å². The first-order chi connectivity index (χ1) is 16.8. The number of hydrogen-bond acceptors (Lipinski definition) is 4. The minimum Gasteiger partial charge on any atom is -0.497 e. The second kappa shape index (κ2) is 12.7. The van der Waals surface area contributed by atoms with Crippen molar-refractivity contribution in [2.24, 2.45) is 0 Å². The van der Waals surface area contributed by atoms with Crippen LogP contribution in [0.4, 0.5) is 0 Å². The summed E-state index contributed by atoms with van der Waals surface area (Å²) in [6.45, 7) is 3.31. The lowest BCUT2D eigenvalue weighted by Crippen LogP contribution is -2.20. The van der Waals surface area contributed by atoms with E-state index >= 15 is 0 Å². The summed E-state index contributed by atoms with van der Waals surface area (Å²) >= 11 is 0. The molecule has 0 aliphatic heterocycles. The monoisotopic (exact) mass is 451 g/mol. The van der Waals surface area contributed by atoms with Gasteiger partial charge in [-0.2, -0.15) is 0 Å². The predicted molar refractivity (Wildman–Crippen MR) is 140 cm³/mol. The number of nitrogens with one attached hydrogen (secondary N) is 2. The quantitative estimate of drug-likeness (QED) is 0.282. The molecule has 4 rings (SSSR count). The molecule has 174 valence electrons. The lowest BCUT2D eigenvalue weighted by atomic mass is 10.0. The number of ether oxygens (including phenoxy) is 1. The maximum absolute atomic E-state index is 5.44. The van der Waals surface area contributed by atoms with Gasteiger partial charge in [0.05, 0.1) is 18.5 Å². The second-order valence-corrected chi connectivity index (χ2v) is 8.40. The average Bonchev–Trinajstić information content (AvgIpc) is 2.90. The summed E-state index contributed by atoms with van der Waals surface area (Å²) in [5.41, 5.74) is 7.08. The summed E-state index contributed by atoms with van der Waals surface area (Å²) in [4.78, 5) is 4.93. The Hall–Kier alpha value is -3.47. The number of pyridine rings is 1. The van der Waals surface area contributed by atoms with E-state index in [4.69, 9.17) is 9.72 Å². The van der Waals surface area contributed by atoms with Gasteiger partial charge in [-0.3, -0.25) is 4.98 Å². The van der Waals surface area contributed by atoms with Gasteiger partial charge >= 0.3 is 0 Å². The molecule has 4 heteroatoms. The minimum absolute atomic E-state index is 0.738. The van der Waals surface area contributed by atoms with E-state index in [0.29, 0.717) is 0 Å². The van der Waals surface area contributed by atoms with Crippen LogP contribution in [0.2, 0.25) is 0 Å². The van der Waals surface area contributed by atoms with Gasteiger partial charge in [0.2, 0.25) is 0 Å². The molecular formula is C30H33N3O. The highest BCUT2D eigenvalue weighted by Crippen LogP contribution is 2.25. The van der Waals surface area contributed by atoms with E-state index in [-0.39, 0.29) is 0 Å². The van der Waals surface area contributed by atoms with Crippen molar-refractivity contribution in [1.29, 1.82) is 0 Å². The number of methoxy groups -OCH3 is 1. The third-order valence-electron chi connectivity index (χ3n) is 5.81. The van der Waals surface area contributed by atoms with Crippen molar-refractivity contribution in [1.82, 2.24) is 15.6 Å². The van der Waals surface area contributed by atoms with E-state index in [1.807, 2.05) is 12.1 Å². The molecule has 3 aromatic carbocycles. The summed E-state index contributed by atoms with van der Waals surface area (Å²) in [7, 11) is 1.70. The molecule has 1 heterocycles. The molecule has 4 aromatic rings. The zero-order chi connectivity index (χ0) is 23.4. The van der Waals surface area contributed by atoms with Crippen LogP contribution in [-0.4, -0.2) is 25.2 Å². The molecule has 0 aliphatic rings. The van der Waals surface area contributed by atoms with Gasteiger partial charge in [0.1, 0.15) is 5.75 Å². The number of rotatable bonds is 12. The van der Waals surface area contributed by atoms with E-state index in [9.17, 15) is 0 Å². The predicted octanol–water partition coefficient (Wildman–Crippen LogP) is 5.42. The Morgan fingerprint density at radius 2 is 1.18 bits per heavy atom. The molecule has 34 heavy (non-hydrogen) atoms. The fourth-order valence-electron chi connectivity index (χ4n) is 3.99. The van der Waals surface area contributed by atoms with Gasteiger partial charge in [0, 0.05) is 13.1 Å². The normalized spacial score (nSPS) is 10.9. The number of nitrogens with zero attached hydrogens (tertiary/aromatic N) is 1. The van der Waals surface area contributed by atoms with Gasteiger partial charge in [-0.05, 0) is 72.5 Å². The highest BCUT2D eigenvalue weighted by atomic mass is 16.5. The Balaban J connectivity index is 1.41. The first-order valence-electron chi connectivity index (χ1n) is 11.9. The molecule has 1 aromatic heterocycles. The van der Waals surface area contributed by atoms with E-state index in [0.717, 1.165) is 67.3 Å². The molecule has 4 nitrogen and oxygen atoms in total. The number of hydrogen-bond donors (Lipinski definition) is 2. The molecule has 0 radical (unpaired) electrons. The lowest BCUT2D eigenvalue weighted by molar-refractivity contribution is 0.415. The molecule has 0 aliphatic carbocycles. The summed E-state index contributed by atoms with van der Waals surface area (Å²) in [5.74, 6) is 0.861. The van der Waals surface area contributed by atoms with Crippen LogP contribution in [0.3, 0.4) is 0 Å². The van der Waals surface area contributed by atoms with Crippen LogP contribution in [0.1, 0.15) is 22.5 Å². The van der Waals surface area contributed by atoms with Crippen molar-refractivity contribution < 1.29 is 4.74 Å². The Bertz CT molecular complexity index is 1080. The largest absolute Gasteiger partial charge is 0.497 e. The van der Waals surface area contributed by atoms with Gasteiger partial charge < -0.3 is 15.4 Å². The molecule has 0 amide bonds. The Morgan fingerprint density at radius 1 is 0.618 bits per heavy atom. The highest BCUT2D eigenvalue weighted by molar-refractivity contribution is 5.65. The Morgan fingerprint density at radius 3 is 1.71 bits per heavy atom. The number of benzene rings is 3. The van der Waals surface area contributed by atoms with Crippen LogP contribution in [0, 0.1) is 0 Å². The minimum atomic E-state index is 0.738. The summed E-state index contributed by atoms with van der Waals surface area (Å²) in [5, 5.41) is 7.12. The van der Waals surface area contributed by atoms with Crippen molar-refractivity contribution in [2.45, 2.75) is 25.9 Å². The molecule has 0 bridgehead atoms. The van der Waals surface area contributed by atoms with Crippen LogP contribution in [-0.2, 0) is 25.9 Å². The maximum atomic E-state index is 5.44. The third-order valence-corrected chi connectivity index (χ3v) is 5.81. The standard InChI is InChI=1S/C30H33N3O/c1-34-30-14-8-13-26(21-30)27-19-28(22-31-17-15-24-9-4-2-5-10-24)33-29(20-27)23-32-18-16-25-11-6-3-7-12-25/h2-14,19-21,31-32H,15-18,22-23H2,1H3. The molecule has 0 spiro atoms. The van der Waals surface area contributed by atoms with Gasteiger partial charge in [-0.15, -0.1) is 0 Å². The van der Waals surface area contributed by atoms with E-state index in [1.54, 1.807) is 7.11 Å². The zero-order valence-corrected chi connectivity index (χ0v) is 19.8. The average molecular weight is 452 g/mol. The van der Waals surface area contributed by atoms with Crippen molar-refractivity contribution >= 4 is 0 Å². The van der Waals surface area contributed by atoms with Gasteiger partial charge in [-0.25, -0.2) is 0 Å². The maximum Gasteiger partial charge on any atom is 0.119 e. The van der Waals surface area contributed by atoms with Gasteiger partial charge in [-0.1, -0.05) is 72.8 Å². The van der Waals surface area contributed by atoms with Crippen molar-refractivity contribution in [3.8, 4) is 16.9 Å². The van der Waals surface area contributed by atoms with E-state index in [1.165, 1.54) is 11.1 Å². The van der Waals surface area contributed by atoms with Crippen LogP contribution >= 0.6 is 0 Å². The second-order valence-electron chi connectivity index (χ2n) is 8.40. The molecule has 0 unspecified atom stereocenters. The Labute approximate surface area is 203 Å². The summed E-state index contributed by atoms with van der Waals surface area (Å²) in [6.07, 6.45) is 2.01. The lowest BCUT2D eigenvalue weighted by Gasteiger charge is -2.12. The fraction of sp³-hybridized carbons (Fsp3) is 0.233. The molecule has 0 fully saturated rings. The fourth-order valence-corrected chi connectivity index (χ4v) is 3.99. The molecule has 2 N–H and O–H groups in total. The zero-order valence-electron chi connectivity index (χ0n) is 19.8. The smallest absolute Gasteiger partial charge is 0.119 e. The summed E-state index contributed by atoms with van der Waals surface area (Å²) < 4.78 is 5.44. The van der Waals surface area contributed by atoms with E-state index in [2.05, 4.69) is 95.6 Å². The van der Waals surface area contributed by atoms with Gasteiger partial charge in [0.25, 0.3) is 0 Å². The molecular weight excluding hydrogens is 418 g/mol. The molecule has 0 saturated carbocycles. The molecule has 0 atom stereocenters.